The summed E-state index contributed by atoms with van der Waals surface area (Å²) in [7, 11) is 0. The third kappa shape index (κ3) is 1.17. The highest BCUT2D eigenvalue weighted by Crippen LogP contribution is 2.33. The number of thiophene rings is 1. The van der Waals surface area contributed by atoms with Crippen molar-refractivity contribution in [1.82, 2.24) is 15.2 Å². The number of hydrogen-bond donors (Lipinski definition) is 3. The third-order valence-corrected chi connectivity index (χ3v) is 3.14. The van der Waals surface area contributed by atoms with E-state index in [2.05, 4.69) is 15.2 Å². The highest BCUT2D eigenvalue weighted by atomic mass is 32.1. The molecule has 0 aliphatic carbocycles. The van der Waals surface area contributed by atoms with Crippen LogP contribution in [0, 0.1) is 0 Å². The minimum Gasteiger partial charge on any atom is -0.366 e. The number of rotatable bonds is 1. The summed E-state index contributed by atoms with van der Waals surface area (Å²) >= 11 is 1.47. The number of amides is 1. The summed E-state index contributed by atoms with van der Waals surface area (Å²) < 4.78 is 0. The standard InChI is InChI=1S/C5H3N3.C5H5NOS/c1-2-3-5(6-1)4(2)8-7-3;6-5(7)4-1-2-8-3-4/h1,7-8H;1-3H,(H2,6,7). The lowest BCUT2D eigenvalue weighted by Gasteiger charge is -1.82. The minimum absolute atomic E-state index is 0.355. The summed E-state index contributed by atoms with van der Waals surface area (Å²) in [5, 5.41) is 10.8. The van der Waals surface area contributed by atoms with Crippen LogP contribution in [-0.4, -0.2) is 21.1 Å². The molecule has 0 radical (unpaired) electrons. The second-order valence-electron chi connectivity index (χ2n) is 3.40. The smallest absolute Gasteiger partial charge is 0.249 e. The van der Waals surface area contributed by atoms with Crippen molar-refractivity contribution < 1.29 is 4.79 Å². The van der Waals surface area contributed by atoms with Gasteiger partial charge in [0.05, 0.1) is 11.0 Å². The highest BCUT2D eigenvalue weighted by molar-refractivity contribution is 7.08. The van der Waals surface area contributed by atoms with E-state index in [1.165, 1.54) is 27.8 Å². The van der Waals surface area contributed by atoms with E-state index in [9.17, 15) is 4.79 Å². The normalized spacial score (nSPS) is 11.0. The first kappa shape index (κ1) is 9.17. The van der Waals surface area contributed by atoms with Crippen LogP contribution in [0.5, 0.6) is 0 Å². The Hall–Kier alpha value is -2.08. The number of aromatic nitrogens is 3. The van der Waals surface area contributed by atoms with Crippen LogP contribution in [0.3, 0.4) is 0 Å². The lowest BCUT2D eigenvalue weighted by Crippen LogP contribution is -2.08. The first-order chi connectivity index (χ1) is 7.77. The van der Waals surface area contributed by atoms with Crippen molar-refractivity contribution >= 4 is 39.2 Å². The number of nitrogens with two attached hydrogens (primary N) is 1. The van der Waals surface area contributed by atoms with Crippen molar-refractivity contribution in [1.29, 1.82) is 0 Å². The van der Waals surface area contributed by atoms with Gasteiger partial charge in [0.15, 0.2) is 0 Å². The average Bonchev–Trinajstić information content (AvgIpc) is 3.07. The first-order valence-corrected chi connectivity index (χ1v) is 5.59. The summed E-state index contributed by atoms with van der Waals surface area (Å²) in [4.78, 5) is 14.4. The number of hydrogen-bond acceptors (Lipinski definition) is 3. The van der Waals surface area contributed by atoms with Gasteiger partial charge < -0.3 is 5.73 Å². The van der Waals surface area contributed by atoms with Crippen LogP contribution in [0.4, 0.5) is 0 Å². The highest BCUT2D eigenvalue weighted by Gasteiger charge is 2.16. The summed E-state index contributed by atoms with van der Waals surface area (Å²) in [5.74, 6) is -0.355. The molecule has 5 heterocycles. The molecule has 4 bridgehead atoms. The molecule has 0 atom stereocenters. The van der Waals surface area contributed by atoms with Gasteiger partial charge in [-0.15, -0.1) is 0 Å². The largest absolute Gasteiger partial charge is 0.366 e. The van der Waals surface area contributed by atoms with Crippen LogP contribution in [0.2, 0.25) is 0 Å². The number of nitrogens with one attached hydrogen (secondary N) is 2. The molecule has 16 heavy (non-hydrogen) atoms. The molecule has 6 aromatic rings. The van der Waals surface area contributed by atoms with Gasteiger partial charge in [-0.05, 0) is 11.4 Å². The monoisotopic (exact) mass is 232 g/mol. The van der Waals surface area contributed by atoms with E-state index < -0.39 is 0 Å². The van der Waals surface area contributed by atoms with E-state index in [1.807, 2.05) is 11.6 Å². The van der Waals surface area contributed by atoms with Crippen LogP contribution >= 0.6 is 11.3 Å². The number of nitrogens with zero attached hydrogens (tertiary/aromatic N) is 1. The Labute approximate surface area is 93.9 Å². The predicted molar refractivity (Wildman–Crippen MR) is 63.2 cm³/mol. The molecule has 80 valence electrons. The molecule has 0 fully saturated rings. The van der Waals surface area contributed by atoms with Gasteiger partial charge in [-0.1, -0.05) is 0 Å². The lowest BCUT2D eigenvalue weighted by atomic mass is 10.2. The van der Waals surface area contributed by atoms with E-state index in [4.69, 9.17) is 5.73 Å². The van der Waals surface area contributed by atoms with Gasteiger partial charge >= 0.3 is 0 Å². The molecule has 0 saturated carbocycles. The van der Waals surface area contributed by atoms with Crippen LogP contribution in [0.15, 0.2) is 23.0 Å². The molecule has 1 amide bonds. The molecule has 6 heteroatoms. The zero-order valence-electron chi connectivity index (χ0n) is 8.15. The molecule has 0 spiro atoms. The zero-order valence-corrected chi connectivity index (χ0v) is 8.97. The third-order valence-electron chi connectivity index (χ3n) is 2.45. The van der Waals surface area contributed by atoms with E-state index in [-0.39, 0.29) is 5.91 Å². The number of aromatic amines is 2. The van der Waals surface area contributed by atoms with E-state index >= 15 is 0 Å². The summed E-state index contributed by atoms with van der Waals surface area (Å²) in [6.45, 7) is 0. The van der Waals surface area contributed by atoms with Crippen molar-refractivity contribution in [2.24, 2.45) is 5.73 Å². The minimum atomic E-state index is -0.355. The number of primary amides is 1. The molecule has 0 saturated heterocycles. The van der Waals surface area contributed by atoms with E-state index in [0.29, 0.717) is 5.56 Å². The van der Waals surface area contributed by atoms with Crippen molar-refractivity contribution in [2.75, 3.05) is 0 Å². The fraction of sp³-hybridized carbons (Fsp3) is 0. The van der Waals surface area contributed by atoms with Gasteiger partial charge in [0.2, 0.25) is 5.91 Å². The predicted octanol–water partition coefficient (Wildman–Crippen LogP) is 1.77. The van der Waals surface area contributed by atoms with E-state index in [1.54, 1.807) is 11.4 Å². The number of carbonyl (C=O) groups excluding carboxylic acids is 1. The summed E-state index contributed by atoms with van der Waals surface area (Å²) in [5.41, 5.74) is 8.99. The van der Waals surface area contributed by atoms with Gasteiger partial charge in [-0.3, -0.25) is 20.0 Å². The average molecular weight is 232 g/mol. The molecule has 1 aromatic carbocycles. The maximum absolute atomic E-state index is 10.3. The van der Waals surface area contributed by atoms with Crippen LogP contribution in [0.1, 0.15) is 10.4 Å². The Kier molecular flexibility index (Phi) is 1.84. The molecular formula is C10H8N4OS. The maximum atomic E-state index is 10.3. The van der Waals surface area contributed by atoms with Crippen molar-refractivity contribution in [3.05, 3.63) is 28.6 Å². The lowest BCUT2D eigenvalue weighted by molar-refractivity contribution is 0.100. The first-order valence-electron chi connectivity index (χ1n) is 4.65. The Morgan fingerprint density at radius 3 is 2.44 bits per heavy atom. The molecular weight excluding hydrogens is 224 g/mol. The molecule has 5 nitrogen and oxygen atoms in total. The van der Waals surface area contributed by atoms with Crippen molar-refractivity contribution in [3.63, 3.8) is 0 Å². The number of carbonyl (C=O) groups is 1. The van der Waals surface area contributed by atoms with Crippen molar-refractivity contribution in [2.45, 2.75) is 0 Å². The summed E-state index contributed by atoms with van der Waals surface area (Å²) in [6.07, 6.45) is 1.88. The van der Waals surface area contributed by atoms with Crippen molar-refractivity contribution in [3.8, 4) is 0 Å². The Balaban J connectivity index is 0.000000101. The topological polar surface area (TPSA) is 87.6 Å². The maximum Gasteiger partial charge on any atom is 0.249 e. The second-order valence-corrected chi connectivity index (χ2v) is 4.18. The summed E-state index contributed by atoms with van der Waals surface area (Å²) in [6, 6.07) is 1.70. The fourth-order valence-corrected chi connectivity index (χ4v) is 2.26. The molecule has 4 N–H and O–H groups in total. The van der Waals surface area contributed by atoms with Gasteiger partial charge in [-0.25, -0.2) is 0 Å². The Morgan fingerprint density at radius 2 is 2.12 bits per heavy atom. The SMILES string of the molecule is NC(=O)c1ccsc1.c1nc2c3[nH][nH]c2c13. The molecule has 6 rings (SSSR count). The molecule has 5 aromatic heterocycles. The van der Waals surface area contributed by atoms with E-state index in [0.717, 1.165) is 5.52 Å². The molecule has 0 aliphatic rings. The van der Waals surface area contributed by atoms with Crippen LogP contribution in [0.25, 0.3) is 21.9 Å². The Morgan fingerprint density at radius 1 is 1.38 bits per heavy atom. The van der Waals surface area contributed by atoms with Gasteiger partial charge in [-0.2, -0.15) is 11.3 Å². The van der Waals surface area contributed by atoms with Gasteiger partial charge in [0.1, 0.15) is 5.52 Å². The Bertz CT molecular complexity index is 596. The molecule has 0 unspecified atom stereocenters. The number of fused-ring (bicyclic) bond motifs is 2. The number of H-pyrrole nitrogens is 2. The second kappa shape index (κ2) is 3.21. The quantitative estimate of drug-likeness (QED) is 0.467. The molecule has 0 aliphatic heterocycles. The zero-order chi connectivity index (χ0) is 11.1. The van der Waals surface area contributed by atoms with Gasteiger partial charge in [0, 0.05) is 22.5 Å². The fourth-order valence-electron chi connectivity index (χ4n) is 1.61. The van der Waals surface area contributed by atoms with Gasteiger partial charge in [0.25, 0.3) is 0 Å². The van der Waals surface area contributed by atoms with Crippen LogP contribution in [-0.2, 0) is 0 Å². The van der Waals surface area contributed by atoms with Crippen LogP contribution < -0.4 is 5.73 Å².